The van der Waals surface area contributed by atoms with Gasteiger partial charge in [-0.05, 0) is 18.9 Å². The smallest absolute Gasteiger partial charge is 0.475 e. The molecule has 16 heteroatoms. The van der Waals surface area contributed by atoms with Crippen LogP contribution in [0.4, 0.5) is 42.2 Å². The van der Waals surface area contributed by atoms with Crippen molar-refractivity contribution >= 4 is 45.1 Å². The predicted molar refractivity (Wildman–Crippen MR) is 125 cm³/mol. The Bertz CT molecular complexity index is 1300. The van der Waals surface area contributed by atoms with Gasteiger partial charge in [-0.25, -0.2) is 32.3 Å². The summed E-state index contributed by atoms with van der Waals surface area (Å²) < 4.78 is 85.9. The maximum Gasteiger partial charge on any atom is 0.490 e. The minimum Gasteiger partial charge on any atom is -0.475 e. The van der Waals surface area contributed by atoms with E-state index in [9.17, 15) is 35.5 Å². The van der Waals surface area contributed by atoms with Crippen LogP contribution in [0.5, 0.6) is 0 Å². The van der Waals surface area contributed by atoms with Gasteiger partial charge in [0, 0.05) is 29.1 Å². The molecule has 0 spiro atoms. The van der Waals surface area contributed by atoms with Crippen molar-refractivity contribution in [1.82, 2.24) is 9.97 Å². The first kappa shape index (κ1) is 29.0. The van der Waals surface area contributed by atoms with E-state index in [1.54, 1.807) is 0 Å². The number of amides is 1. The van der Waals surface area contributed by atoms with E-state index >= 15 is 0 Å². The molecule has 3 aromatic rings. The zero-order valence-electron chi connectivity index (χ0n) is 19.1. The summed E-state index contributed by atoms with van der Waals surface area (Å²) in [6, 6.07) is 3.56. The summed E-state index contributed by atoms with van der Waals surface area (Å²) in [5.74, 6) is -6.14. The number of nitrogens with zero attached hydrogens (tertiary/aromatic N) is 2. The second-order valence-corrected chi connectivity index (χ2v) is 8.99. The van der Waals surface area contributed by atoms with Crippen molar-refractivity contribution in [3.8, 4) is 0 Å². The first-order chi connectivity index (χ1) is 17.7. The highest BCUT2D eigenvalue weighted by molar-refractivity contribution is 7.17. The predicted octanol–water partition coefficient (Wildman–Crippen LogP) is 5.44. The topological polar surface area (TPSA) is 130 Å². The molecule has 38 heavy (non-hydrogen) atoms. The minimum atomic E-state index is -5.08. The number of nitrogens with two attached hydrogens (primary N) is 1. The fraction of sp³-hybridized carbons (Fsp3) is 0.364. The largest absolute Gasteiger partial charge is 0.490 e. The minimum absolute atomic E-state index is 0.000464. The van der Waals surface area contributed by atoms with E-state index < -0.39 is 42.5 Å². The highest BCUT2D eigenvalue weighted by Gasteiger charge is 2.44. The molecule has 206 valence electrons. The number of carboxylic acids is 1. The van der Waals surface area contributed by atoms with Gasteiger partial charge in [0.25, 0.3) is 18.3 Å². The molecule has 1 saturated carbocycles. The third kappa shape index (κ3) is 6.86. The Morgan fingerprint density at radius 1 is 1.21 bits per heavy atom. The molecule has 0 bridgehead atoms. The van der Waals surface area contributed by atoms with E-state index in [0.29, 0.717) is 17.7 Å². The number of alkyl halides is 7. The zero-order chi connectivity index (χ0) is 28.3. The summed E-state index contributed by atoms with van der Waals surface area (Å²) in [7, 11) is 0. The Balaban J connectivity index is 0.000000505. The van der Waals surface area contributed by atoms with Gasteiger partial charge in [-0.2, -0.15) is 13.2 Å². The van der Waals surface area contributed by atoms with Crippen molar-refractivity contribution < 1.29 is 45.4 Å². The number of aromatic nitrogens is 2. The maximum absolute atomic E-state index is 13.9. The normalized spacial score (nSPS) is 19.0. The van der Waals surface area contributed by atoms with Crippen LogP contribution in [-0.4, -0.2) is 51.1 Å². The molecule has 1 amide bonds. The Kier molecular flexibility index (Phi) is 8.76. The van der Waals surface area contributed by atoms with Crippen LogP contribution in [-0.2, 0) is 4.79 Å². The van der Waals surface area contributed by atoms with Gasteiger partial charge in [0.2, 0.25) is 0 Å². The van der Waals surface area contributed by atoms with Gasteiger partial charge in [-0.15, -0.1) is 11.3 Å². The van der Waals surface area contributed by atoms with Gasteiger partial charge < -0.3 is 21.5 Å². The summed E-state index contributed by atoms with van der Waals surface area (Å²) in [5, 5.41) is 14.0. The lowest BCUT2D eigenvalue weighted by Crippen LogP contribution is -2.55. The third-order valence-electron chi connectivity index (χ3n) is 5.49. The van der Waals surface area contributed by atoms with E-state index in [0.717, 1.165) is 11.3 Å². The van der Waals surface area contributed by atoms with Crippen LogP contribution in [0.15, 0.2) is 35.8 Å². The van der Waals surface area contributed by atoms with E-state index in [1.807, 2.05) is 0 Å². The Morgan fingerprint density at radius 2 is 1.87 bits per heavy atom. The van der Waals surface area contributed by atoms with Crippen LogP contribution in [0.1, 0.15) is 41.6 Å². The fourth-order valence-electron chi connectivity index (χ4n) is 3.58. The Labute approximate surface area is 214 Å². The Hall–Kier alpha value is -3.53. The number of carboxylic acid groups (broad SMARTS) is 1. The molecule has 1 aliphatic rings. The van der Waals surface area contributed by atoms with Crippen LogP contribution in [0, 0.1) is 0 Å². The van der Waals surface area contributed by atoms with Crippen molar-refractivity contribution in [3.05, 3.63) is 47.0 Å². The van der Waals surface area contributed by atoms with Gasteiger partial charge in [-0.3, -0.25) is 4.79 Å². The number of carbonyl (C=O) groups excluding carboxylic acids is 1. The number of nitrogens with one attached hydrogen (secondary N) is 2. The summed E-state index contributed by atoms with van der Waals surface area (Å²) in [6.07, 6.45) is -5.91. The molecule has 0 aliphatic heterocycles. The fourth-order valence-corrected chi connectivity index (χ4v) is 4.41. The average molecular weight is 567 g/mol. The molecule has 5 N–H and O–H groups in total. The van der Waals surface area contributed by atoms with E-state index in [1.165, 1.54) is 35.8 Å². The zero-order valence-corrected chi connectivity index (χ0v) is 19.9. The van der Waals surface area contributed by atoms with Crippen LogP contribution >= 0.6 is 11.3 Å². The number of fused-ring (bicyclic) bond motifs is 1. The molecule has 2 atom stereocenters. The van der Waals surface area contributed by atoms with E-state index in [-0.39, 0.29) is 34.6 Å². The number of anilines is 2. The second kappa shape index (κ2) is 11.5. The van der Waals surface area contributed by atoms with Crippen LogP contribution in [0.3, 0.4) is 0 Å². The number of thiophene rings is 1. The number of hydrogen-bond acceptors (Lipinski definition) is 7. The SMILES string of the molecule is N[C@@H]1[C@H](Nc2cnc3scc(C(=O)Nc4ccccc4C(F)F)c3n2)CCCC1(F)F.O=C(O)C(F)(F)F. The highest BCUT2D eigenvalue weighted by Crippen LogP contribution is 2.34. The molecule has 1 aromatic carbocycles. The molecule has 0 unspecified atom stereocenters. The number of hydrogen-bond donors (Lipinski definition) is 4. The van der Waals surface area contributed by atoms with Crippen molar-refractivity contribution in [2.45, 2.75) is 49.9 Å². The molecule has 1 fully saturated rings. The number of rotatable bonds is 5. The summed E-state index contributed by atoms with van der Waals surface area (Å²) >= 11 is 1.16. The molecule has 4 rings (SSSR count). The first-order valence-corrected chi connectivity index (χ1v) is 11.7. The van der Waals surface area contributed by atoms with Crippen molar-refractivity contribution in [3.63, 3.8) is 0 Å². The number of carbonyl (C=O) groups is 2. The quantitative estimate of drug-likeness (QED) is 0.302. The average Bonchev–Trinajstić information content (AvgIpc) is 3.25. The lowest BCUT2D eigenvalue weighted by Gasteiger charge is -2.36. The Morgan fingerprint density at radius 3 is 2.50 bits per heavy atom. The molecule has 2 heterocycles. The van der Waals surface area contributed by atoms with Crippen molar-refractivity contribution in [2.24, 2.45) is 5.73 Å². The standard InChI is InChI=1S/C20H19F4N5OS.C2HF3O2/c21-17(22)10-4-1-2-5-12(10)28-18(30)11-9-31-19-15(11)29-14(8-26-19)27-13-6-3-7-20(23,24)16(13)25;3-2(4,5)1(6)7/h1-2,4-5,8-9,13,16-17H,3,6-7,25H2,(H,27,29)(H,28,30);(H,6,7)/t13-,16-;/m1./s1. The molecule has 0 saturated heterocycles. The summed E-state index contributed by atoms with van der Waals surface area (Å²) in [4.78, 5) is 30.7. The van der Waals surface area contributed by atoms with Crippen LogP contribution < -0.4 is 16.4 Å². The van der Waals surface area contributed by atoms with Gasteiger partial charge >= 0.3 is 12.1 Å². The number of benzene rings is 1. The number of para-hydroxylation sites is 1. The van der Waals surface area contributed by atoms with Crippen molar-refractivity contribution in [2.75, 3.05) is 10.6 Å². The van der Waals surface area contributed by atoms with Gasteiger partial charge in [0.15, 0.2) is 0 Å². The van der Waals surface area contributed by atoms with E-state index in [4.69, 9.17) is 15.6 Å². The van der Waals surface area contributed by atoms with Crippen LogP contribution in [0.25, 0.3) is 10.3 Å². The molecule has 1 aliphatic carbocycles. The molecule has 8 nitrogen and oxygen atoms in total. The summed E-state index contributed by atoms with van der Waals surface area (Å²) in [6.45, 7) is 0. The molecular weight excluding hydrogens is 547 g/mol. The molecule has 0 radical (unpaired) electrons. The first-order valence-electron chi connectivity index (χ1n) is 10.8. The lowest BCUT2D eigenvalue weighted by molar-refractivity contribution is -0.192. The second-order valence-electron chi connectivity index (χ2n) is 8.13. The lowest BCUT2D eigenvalue weighted by atomic mass is 9.87. The number of halogens is 7. The maximum atomic E-state index is 13.9. The van der Waals surface area contributed by atoms with Gasteiger partial charge in [0.05, 0.1) is 17.8 Å². The molecular formula is C22H20F7N5O3S. The van der Waals surface area contributed by atoms with Gasteiger partial charge in [-0.1, -0.05) is 18.2 Å². The highest BCUT2D eigenvalue weighted by atomic mass is 32.1. The molecule has 2 aromatic heterocycles. The van der Waals surface area contributed by atoms with Gasteiger partial charge in [0.1, 0.15) is 16.2 Å². The van der Waals surface area contributed by atoms with Crippen molar-refractivity contribution in [1.29, 1.82) is 0 Å². The summed E-state index contributed by atoms with van der Waals surface area (Å²) in [5.41, 5.74) is 5.82. The monoisotopic (exact) mass is 567 g/mol. The third-order valence-corrected chi connectivity index (χ3v) is 6.37. The van der Waals surface area contributed by atoms with E-state index in [2.05, 4.69) is 20.6 Å². The van der Waals surface area contributed by atoms with Crippen LogP contribution in [0.2, 0.25) is 0 Å². The number of aliphatic carboxylic acids is 1.